The Bertz CT molecular complexity index is 400. The lowest BCUT2D eigenvalue weighted by atomic mass is 10.1. The first-order valence-electron chi connectivity index (χ1n) is 6.21. The molecule has 0 saturated heterocycles. The lowest BCUT2D eigenvalue weighted by molar-refractivity contribution is -0.0147. The minimum Gasteiger partial charge on any atom is -0.494 e. The number of hydrogen-bond acceptors (Lipinski definition) is 4. The van der Waals surface area contributed by atoms with Gasteiger partial charge in [0.15, 0.2) is 0 Å². The molecule has 0 bridgehead atoms. The molecule has 0 fully saturated rings. The van der Waals surface area contributed by atoms with E-state index in [1.807, 2.05) is 6.92 Å². The number of methoxy groups -OCH3 is 1. The minimum atomic E-state index is -1.07. The maximum absolute atomic E-state index is 11.9. The van der Waals surface area contributed by atoms with Gasteiger partial charge in [0, 0.05) is 19.2 Å². The zero-order valence-electron chi connectivity index (χ0n) is 11.6. The summed E-state index contributed by atoms with van der Waals surface area (Å²) >= 11 is 0. The highest BCUT2D eigenvalue weighted by Gasteiger charge is 2.21. The lowest BCUT2D eigenvalue weighted by Crippen LogP contribution is -2.43. The number of nitrogens with one attached hydrogen (secondary N) is 1. The number of carbonyl (C=O) groups is 1. The number of benzene rings is 1. The summed E-state index contributed by atoms with van der Waals surface area (Å²) in [6, 6.07) is 6.86. The predicted octanol–water partition coefficient (Wildman–Crippen LogP) is 1.21. The fourth-order valence-corrected chi connectivity index (χ4v) is 1.60. The van der Waals surface area contributed by atoms with Gasteiger partial charge in [0.1, 0.15) is 11.4 Å². The molecule has 0 aliphatic heterocycles. The van der Waals surface area contributed by atoms with Crippen LogP contribution in [0.5, 0.6) is 5.75 Å². The van der Waals surface area contributed by atoms with Crippen LogP contribution >= 0.6 is 0 Å². The van der Waals surface area contributed by atoms with Gasteiger partial charge in [-0.15, -0.1) is 0 Å². The molecule has 106 valence electrons. The van der Waals surface area contributed by atoms with Crippen molar-refractivity contribution in [3.05, 3.63) is 29.8 Å². The number of ether oxygens (including phenoxy) is 2. The van der Waals surface area contributed by atoms with Crippen molar-refractivity contribution in [3.8, 4) is 5.75 Å². The minimum absolute atomic E-state index is 0.132. The van der Waals surface area contributed by atoms with Gasteiger partial charge >= 0.3 is 0 Å². The van der Waals surface area contributed by atoms with Gasteiger partial charge in [-0.25, -0.2) is 0 Å². The van der Waals surface area contributed by atoms with E-state index in [9.17, 15) is 9.90 Å². The van der Waals surface area contributed by atoms with Crippen LogP contribution in [0.3, 0.4) is 0 Å². The Morgan fingerprint density at radius 3 is 2.53 bits per heavy atom. The molecule has 1 unspecified atom stereocenters. The molecule has 1 aromatic rings. The Kier molecular flexibility index (Phi) is 5.79. The van der Waals surface area contributed by atoms with Gasteiger partial charge in [-0.05, 0) is 38.1 Å². The maximum Gasteiger partial charge on any atom is 0.251 e. The first-order chi connectivity index (χ1) is 8.98. The van der Waals surface area contributed by atoms with Gasteiger partial charge in [0.2, 0.25) is 0 Å². The van der Waals surface area contributed by atoms with Crippen LogP contribution in [-0.2, 0) is 4.74 Å². The van der Waals surface area contributed by atoms with E-state index in [4.69, 9.17) is 9.47 Å². The molecular weight excluding hydrogens is 246 g/mol. The van der Waals surface area contributed by atoms with E-state index < -0.39 is 5.60 Å². The molecule has 0 heterocycles. The molecule has 5 heteroatoms. The summed E-state index contributed by atoms with van der Waals surface area (Å²) in [5, 5.41) is 12.5. The van der Waals surface area contributed by atoms with Crippen molar-refractivity contribution < 1.29 is 19.4 Å². The third-order valence-electron chi connectivity index (χ3n) is 2.51. The second kappa shape index (κ2) is 7.11. The van der Waals surface area contributed by atoms with Crippen molar-refractivity contribution in [2.75, 3.05) is 26.9 Å². The highest BCUT2D eigenvalue weighted by atomic mass is 16.5. The van der Waals surface area contributed by atoms with Crippen molar-refractivity contribution in [1.29, 1.82) is 0 Å². The summed E-state index contributed by atoms with van der Waals surface area (Å²) in [7, 11) is 1.50. The van der Waals surface area contributed by atoms with E-state index in [0.717, 1.165) is 5.75 Å². The third-order valence-corrected chi connectivity index (χ3v) is 2.51. The van der Waals surface area contributed by atoms with E-state index in [1.165, 1.54) is 7.11 Å². The number of hydrogen-bond donors (Lipinski definition) is 2. The quantitative estimate of drug-likeness (QED) is 0.779. The molecule has 0 spiro atoms. The largest absolute Gasteiger partial charge is 0.494 e. The van der Waals surface area contributed by atoms with E-state index >= 15 is 0 Å². The van der Waals surface area contributed by atoms with Crippen LogP contribution < -0.4 is 10.1 Å². The molecule has 0 aliphatic rings. The smallest absolute Gasteiger partial charge is 0.251 e. The fraction of sp³-hybridized carbons (Fsp3) is 0.500. The van der Waals surface area contributed by atoms with E-state index in [0.29, 0.717) is 12.2 Å². The van der Waals surface area contributed by atoms with E-state index in [1.54, 1.807) is 31.2 Å². The predicted molar refractivity (Wildman–Crippen MR) is 72.4 cm³/mol. The number of aliphatic hydroxyl groups is 1. The van der Waals surface area contributed by atoms with Crippen molar-refractivity contribution in [1.82, 2.24) is 5.32 Å². The summed E-state index contributed by atoms with van der Waals surface area (Å²) in [5.41, 5.74) is -0.549. The Morgan fingerprint density at radius 1 is 1.37 bits per heavy atom. The van der Waals surface area contributed by atoms with Crippen molar-refractivity contribution in [2.24, 2.45) is 0 Å². The van der Waals surface area contributed by atoms with Crippen LogP contribution in [0, 0.1) is 0 Å². The van der Waals surface area contributed by atoms with Gasteiger partial charge in [-0.1, -0.05) is 0 Å². The summed E-state index contributed by atoms with van der Waals surface area (Å²) in [5.74, 6) is 0.491. The average Bonchev–Trinajstić information content (AvgIpc) is 2.37. The van der Waals surface area contributed by atoms with Crippen LogP contribution in [0.4, 0.5) is 0 Å². The molecule has 1 amide bonds. The normalized spacial score (nSPS) is 13.7. The third kappa shape index (κ3) is 5.28. The summed E-state index contributed by atoms with van der Waals surface area (Å²) in [6.07, 6.45) is 0. The van der Waals surface area contributed by atoms with Gasteiger partial charge in [-0.2, -0.15) is 0 Å². The average molecular weight is 267 g/mol. The highest BCUT2D eigenvalue weighted by molar-refractivity contribution is 5.94. The van der Waals surface area contributed by atoms with E-state index in [-0.39, 0.29) is 19.1 Å². The number of amides is 1. The highest BCUT2D eigenvalue weighted by Crippen LogP contribution is 2.12. The SMILES string of the molecule is CCOc1ccc(C(=O)NCC(C)(O)COC)cc1. The molecule has 0 radical (unpaired) electrons. The molecule has 1 rings (SSSR count). The van der Waals surface area contributed by atoms with Gasteiger partial charge < -0.3 is 19.9 Å². The molecule has 1 aromatic carbocycles. The summed E-state index contributed by atoms with van der Waals surface area (Å²) < 4.78 is 10.2. The van der Waals surface area contributed by atoms with E-state index in [2.05, 4.69) is 5.32 Å². The van der Waals surface area contributed by atoms with Gasteiger partial charge in [0.25, 0.3) is 5.91 Å². The van der Waals surface area contributed by atoms with Crippen LogP contribution in [0.1, 0.15) is 24.2 Å². The maximum atomic E-state index is 11.9. The summed E-state index contributed by atoms with van der Waals surface area (Å²) in [4.78, 5) is 11.9. The molecule has 5 nitrogen and oxygen atoms in total. The number of rotatable bonds is 7. The molecule has 0 saturated carbocycles. The second-order valence-corrected chi connectivity index (χ2v) is 4.57. The first-order valence-corrected chi connectivity index (χ1v) is 6.21. The Labute approximate surface area is 113 Å². The Balaban J connectivity index is 2.53. The number of carbonyl (C=O) groups excluding carboxylic acids is 1. The Hall–Kier alpha value is -1.59. The first kappa shape index (κ1) is 15.5. The van der Waals surface area contributed by atoms with Crippen LogP contribution in [-0.4, -0.2) is 43.5 Å². The molecular formula is C14H21NO4. The fourth-order valence-electron chi connectivity index (χ4n) is 1.60. The molecule has 2 N–H and O–H groups in total. The Morgan fingerprint density at radius 2 is 2.00 bits per heavy atom. The lowest BCUT2D eigenvalue weighted by Gasteiger charge is -2.22. The zero-order chi connectivity index (χ0) is 14.3. The van der Waals surface area contributed by atoms with Gasteiger partial charge in [0.05, 0.1) is 13.2 Å². The monoisotopic (exact) mass is 267 g/mol. The topological polar surface area (TPSA) is 67.8 Å². The zero-order valence-corrected chi connectivity index (χ0v) is 11.6. The van der Waals surface area contributed by atoms with Crippen LogP contribution in [0.25, 0.3) is 0 Å². The van der Waals surface area contributed by atoms with Crippen LogP contribution in [0.15, 0.2) is 24.3 Å². The van der Waals surface area contributed by atoms with Crippen molar-refractivity contribution in [2.45, 2.75) is 19.4 Å². The van der Waals surface area contributed by atoms with Crippen molar-refractivity contribution >= 4 is 5.91 Å². The molecule has 0 aromatic heterocycles. The van der Waals surface area contributed by atoms with Crippen LogP contribution in [0.2, 0.25) is 0 Å². The van der Waals surface area contributed by atoms with Gasteiger partial charge in [-0.3, -0.25) is 4.79 Å². The summed E-state index contributed by atoms with van der Waals surface area (Å²) in [6.45, 7) is 4.39. The standard InChI is InChI=1S/C14H21NO4/c1-4-19-12-7-5-11(6-8-12)13(16)15-9-14(2,17)10-18-3/h5-8,17H,4,9-10H2,1-3H3,(H,15,16). The molecule has 0 aliphatic carbocycles. The second-order valence-electron chi connectivity index (χ2n) is 4.57. The molecule has 19 heavy (non-hydrogen) atoms. The molecule has 1 atom stereocenters. The van der Waals surface area contributed by atoms with Crippen molar-refractivity contribution in [3.63, 3.8) is 0 Å².